The molecule has 1 aromatic heterocycles. The van der Waals surface area contributed by atoms with E-state index >= 15 is 0 Å². The van der Waals surface area contributed by atoms with Crippen LogP contribution in [0.25, 0.3) is 11.1 Å². The summed E-state index contributed by atoms with van der Waals surface area (Å²) < 4.78 is 5.43. The van der Waals surface area contributed by atoms with Gasteiger partial charge in [0, 0.05) is 43.1 Å². The van der Waals surface area contributed by atoms with E-state index in [2.05, 4.69) is 27.8 Å². The summed E-state index contributed by atoms with van der Waals surface area (Å²) in [4.78, 5) is 16.7. The lowest BCUT2D eigenvalue weighted by atomic mass is 10.00. The van der Waals surface area contributed by atoms with Crippen molar-refractivity contribution in [1.29, 1.82) is 0 Å². The molecule has 1 aromatic carbocycles. The van der Waals surface area contributed by atoms with Gasteiger partial charge in [-0.25, -0.2) is 4.98 Å². The van der Waals surface area contributed by atoms with Gasteiger partial charge in [0.25, 0.3) is 0 Å². The molecule has 2 fully saturated rings. The van der Waals surface area contributed by atoms with Crippen molar-refractivity contribution in [2.75, 3.05) is 30.4 Å². The number of anilines is 2. The van der Waals surface area contributed by atoms with Crippen LogP contribution < -0.4 is 10.6 Å². The van der Waals surface area contributed by atoms with Gasteiger partial charge < -0.3 is 15.4 Å². The molecule has 0 spiro atoms. The standard InChI is InChI=1S/C23H28ClN3O2/c24-21-15-26-22(27-23(28)17-4-1-2-5-17)13-20(21)18-6-3-7-19(12-18)25-14-16-8-10-29-11-9-16/h3,6-7,12-13,15-17,25H,1-2,4-5,8-11,14H2,(H,26,27,28). The Morgan fingerprint density at radius 2 is 1.93 bits per heavy atom. The minimum atomic E-state index is 0.0650. The molecule has 2 N–H and O–H groups in total. The zero-order chi connectivity index (χ0) is 20.1. The molecule has 2 aromatic rings. The number of carbonyl (C=O) groups excluding carboxylic acids is 1. The maximum Gasteiger partial charge on any atom is 0.228 e. The van der Waals surface area contributed by atoms with Crippen molar-refractivity contribution in [3.63, 3.8) is 0 Å². The molecule has 2 aliphatic rings. The fourth-order valence-electron chi connectivity index (χ4n) is 4.15. The Balaban J connectivity index is 1.46. The van der Waals surface area contributed by atoms with Gasteiger partial charge in [-0.2, -0.15) is 0 Å². The highest BCUT2D eigenvalue weighted by atomic mass is 35.5. The molecule has 0 atom stereocenters. The third-order valence-corrected chi connectivity index (χ3v) is 6.24. The molecule has 29 heavy (non-hydrogen) atoms. The summed E-state index contributed by atoms with van der Waals surface area (Å²) in [6, 6.07) is 10.1. The molecule has 1 amide bonds. The lowest BCUT2D eigenvalue weighted by molar-refractivity contribution is -0.119. The highest BCUT2D eigenvalue weighted by Crippen LogP contribution is 2.32. The monoisotopic (exact) mass is 413 g/mol. The molecule has 6 heteroatoms. The highest BCUT2D eigenvalue weighted by Gasteiger charge is 2.23. The van der Waals surface area contributed by atoms with Gasteiger partial charge in [0.1, 0.15) is 5.82 Å². The lowest BCUT2D eigenvalue weighted by Gasteiger charge is -2.22. The quantitative estimate of drug-likeness (QED) is 0.668. The Morgan fingerprint density at radius 3 is 2.72 bits per heavy atom. The van der Waals surface area contributed by atoms with Gasteiger partial charge in [-0.1, -0.05) is 36.6 Å². The minimum Gasteiger partial charge on any atom is -0.385 e. The first-order chi connectivity index (χ1) is 14.2. The summed E-state index contributed by atoms with van der Waals surface area (Å²) in [5.41, 5.74) is 2.95. The van der Waals surface area contributed by atoms with Gasteiger partial charge in [0.15, 0.2) is 0 Å². The van der Waals surface area contributed by atoms with Crippen molar-refractivity contribution >= 4 is 29.0 Å². The van der Waals surface area contributed by atoms with Crippen LogP contribution in [0.5, 0.6) is 0 Å². The van der Waals surface area contributed by atoms with Gasteiger partial charge in [-0.15, -0.1) is 0 Å². The number of hydrogen-bond acceptors (Lipinski definition) is 4. The van der Waals surface area contributed by atoms with E-state index < -0.39 is 0 Å². The average molecular weight is 414 g/mol. The molecule has 0 bridgehead atoms. The van der Waals surface area contributed by atoms with Crippen LogP contribution in [0.1, 0.15) is 38.5 Å². The summed E-state index contributed by atoms with van der Waals surface area (Å²) in [6.07, 6.45) is 8.01. The molecule has 5 nitrogen and oxygen atoms in total. The van der Waals surface area contributed by atoms with Crippen LogP contribution in [0.15, 0.2) is 36.5 Å². The van der Waals surface area contributed by atoms with Crippen LogP contribution >= 0.6 is 11.6 Å². The van der Waals surface area contributed by atoms with Crippen LogP contribution in [0.3, 0.4) is 0 Å². The van der Waals surface area contributed by atoms with E-state index in [1.807, 2.05) is 18.2 Å². The summed E-state index contributed by atoms with van der Waals surface area (Å²) in [5.74, 6) is 1.37. The van der Waals surface area contributed by atoms with Crippen molar-refractivity contribution < 1.29 is 9.53 Å². The number of nitrogens with one attached hydrogen (secondary N) is 2. The Kier molecular flexibility index (Phi) is 6.67. The van der Waals surface area contributed by atoms with E-state index in [0.29, 0.717) is 16.8 Å². The zero-order valence-electron chi connectivity index (χ0n) is 16.6. The van der Waals surface area contributed by atoms with E-state index in [4.69, 9.17) is 16.3 Å². The van der Waals surface area contributed by atoms with Crippen molar-refractivity contribution in [2.24, 2.45) is 11.8 Å². The number of hydrogen-bond donors (Lipinski definition) is 2. The van der Waals surface area contributed by atoms with Gasteiger partial charge in [-0.05, 0) is 55.4 Å². The van der Waals surface area contributed by atoms with Crippen molar-refractivity contribution in [1.82, 2.24) is 4.98 Å². The SMILES string of the molecule is O=C(Nc1cc(-c2cccc(NCC3CCOCC3)c2)c(Cl)cn1)C1CCCC1. The van der Waals surface area contributed by atoms with Crippen molar-refractivity contribution in [3.8, 4) is 11.1 Å². The Labute approximate surface area is 177 Å². The summed E-state index contributed by atoms with van der Waals surface area (Å²) >= 11 is 6.44. The number of halogens is 1. The molecule has 2 heterocycles. The molecular formula is C23H28ClN3O2. The fraction of sp³-hybridized carbons (Fsp3) is 0.478. The lowest BCUT2D eigenvalue weighted by Crippen LogP contribution is -2.22. The normalized spacial score (nSPS) is 18.0. The number of aromatic nitrogens is 1. The molecule has 0 radical (unpaired) electrons. The van der Waals surface area contributed by atoms with Crippen LogP contribution in [0.2, 0.25) is 5.02 Å². The number of carbonyl (C=O) groups is 1. The van der Waals surface area contributed by atoms with E-state index in [1.54, 1.807) is 6.20 Å². The second-order valence-electron chi connectivity index (χ2n) is 8.04. The first-order valence-corrected chi connectivity index (χ1v) is 11.0. The molecule has 0 unspecified atom stereocenters. The summed E-state index contributed by atoms with van der Waals surface area (Å²) in [6.45, 7) is 2.66. The third-order valence-electron chi connectivity index (χ3n) is 5.94. The van der Waals surface area contributed by atoms with E-state index in [9.17, 15) is 4.79 Å². The van der Waals surface area contributed by atoms with E-state index in [-0.39, 0.29) is 11.8 Å². The maximum absolute atomic E-state index is 12.4. The van der Waals surface area contributed by atoms with Crippen LogP contribution in [-0.4, -0.2) is 30.6 Å². The Bertz CT molecular complexity index is 846. The number of pyridine rings is 1. The van der Waals surface area contributed by atoms with Crippen molar-refractivity contribution in [3.05, 3.63) is 41.6 Å². The second kappa shape index (κ2) is 9.59. The Morgan fingerprint density at radius 1 is 1.14 bits per heavy atom. The second-order valence-corrected chi connectivity index (χ2v) is 8.44. The average Bonchev–Trinajstić information content (AvgIpc) is 3.30. The Hall–Kier alpha value is -2.11. The highest BCUT2D eigenvalue weighted by molar-refractivity contribution is 6.33. The molecule has 4 rings (SSSR count). The van der Waals surface area contributed by atoms with Gasteiger partial charge in [0.2, 0.25) is 5.91 Å². The third kappa shape index (κ3) is 5.28. The number of rotatable bonds is 6. The zero-order valence-corrected chi connectivity index (χ0v) is 17.4. The summed E-state index contributed by atoms with van der Waals surface area (Å²) in [7, 11) is 0. The first-order valence-electron chi connectivity index (χ1n) is 10.6. The van der Waals surface area contributed by atoms with Crippen LogP contribution in [-0.2, 0) is 9.53 Å². The number of nitrogens with zero attached hydrogens (tertiary/aromatic N) is 1. The van der Waals surface area contributed by atoms with Gasteiger partial charge in [0.05, 0.1) is 5.02 Å². The predicted molar refractivity (Wildman–Crippen MR) is 117 cm³/mol. The van der Waals surface area contributed by atoms with Crippen LogP contribution in [0.4, 0.5) is 11.5 Å². The molecular weight excluding hydrogens is 386 g/mol. The topological polar surface area (TPSA) is 63.2 Å². The number of ether oxygens (including phenoxy) is 1. The number of benzene rings is 1. The molecule has 1 saturated carbocycles. The fourth-order valence-corrected chi connectivity index (χ4v) is 4.37. The van der Waals surface area contributed by atoms with Crippen LogP contribution in [0, 0.1) is 11.8 Å². The maximum atomic E-state index is 12.4. The first kappa shape index (κ1) is 20.2. The smallest absolute Gasteiger partial charge is 0.228 e. The summed E-state index contributed by atoms with van der Waals surface area (Å²) in [5, 5.41) is 7.09. The predicted octanol–water partition coefficient (Wildman–Crippen LogP) is 5.37. The van der Waals surface area contributed by atoms with E-state index in [1.165, 1.54) is 0 Å². The van der Waals surface area contributed by atoms with E-state index in [0.717, 1.165) is 75.1 Å². The number of amides is 1. The largest absolute Gasteiger partial charge is 0.385 e. The van der Waals surface area contributed by atoms with Gasteiger partial charge in [-0.3, -0.25) is 4.79 Å². The van der Waals surface area contributed by atoms with Crippen molar-refractivity contribution in [2.45, 2.75) is 38.5 Å². The molecule has 1 aliphatic heterocycles. The van der Waals surface area contributed by atoms with Gasteiger partial charge >= 0.3 is 0 Å². The molecule has 1 aliphatic carbocycles. The molecule has 1 saturated heterocycles. The minimum absolute atomic E-state index is 0.0650. The molecule has 154 valence electrons.